The SMILES string of the molecule is CC(CC(=O)O)c1csc(-c2cccs2)n1. The van der Waals surface area contributed by atoms with Crippen LogP contribution in [0.5, 0.6) is 0 Å². The Balaban J connectivity index is 2.16. The number of carboxylic acid groups (broad SMARTS) is 1. The van der Waals surface area contributed by atoms with E-state index in [9.17, 15) is 4.79 Å². The molecule has 2 heterocycles. The van der Waals surface area contributed by atoms with E-state index in [2.05, 4.69) is 4.98 Å². The fraction of sp³-hybridized carbons (Fsp3) is 0.273. The van der Waals surface area contributed by atoms with Crippen LogP contribution in [0.1, 0.15) is 25.0 Å². The monoisotopic (exact) mass is 253 g/mol. The lowest BCUT2D eigenvalue weighted by Gasteiger charge is -2.03. The van der Waals surface area contributed by atoms with Gasteiger partial charge in [-0.1, -0.05) is 13.0 Å². The van der Waals surface area contributed by atoms with Crippen molar-refractivity contribution in [3.63, 3.8) is 0 Å². The minimum absolute atomic E-state index is 0.0255. The highest BCUT2D eigenvalue weighted by atomic mass is 32.1. The molecule has 0 saturated heterocycles. The number of carbonyl (C=O) groups is 1. The highest BCUT2D eigenvalue weighted by molar-refractivity contribution is 7.20. The van der Waals surface area contributed by atoms with E-state index in [1.807, 2.05) is 29.8 Å². The molecule has 2 rings (SSSR count). The molecular weight excluding hydrogens is 242 g/mol. The molecule has 84 valence electrons. The topological polar surface area (TPSA) is 50.2 Å². The van der Waals surface area contributed by atoms with Gasteiger partial charge in [-0.25, -0.2) is 4.98 Å². The fourth-order valence-corrected chi connectivity index (χ4v) is 3.15. The maximum absolute atomic E-state index is 10.6. The Bertz CT molecular complexity index is 476. The highest BCUT2D eigenvalue weighted by Crippen LogP contribution is 2.30. The van der Waals surface area contributed by atoms with Gasteiger partial charge in [0.15, 0.2) is 0 Å². The smallest absolute Gasteiger partial charge is 0.304 e. The van der Waals surface area contributed by atoms with Crippen LogP contribution in [0.3, 0.4) is 0 Å². The molecule has 0 bridgehead atoms. The van der Waals surface area contributed by atoms with Crippen molar-refractivity contribution < 1.29 is 9.90 Å². The van der Waals surface area contributed by atoms with Gasteiger partial charge >= 0.3 is 5.97 Å². The van der Waals surface area contributed by atoms with E-state index in [0.717, 1.165) is 15.6 Å². The van der Waals surface area contributed by atoms with E-state index in [1.165, 1.54) is 0 Å². The van der Waals surface area contributed by atoms with Crippen molar-refractivity contribution in [2.24, 2.45) is 0 Å². The lowest BCUT2D eigenvalue weighted by atomic mass is 10.1. The van der Waals surface area contributed by atoms with Gasteiger partial charge in [0.05, 0.1) is 17.0 Å². The predicted molar refractivity (Wildman–Crippen MR) is 66.1 cm³/mol. The number of nitrogens with zero attached hydrogens (tertiary/aromatic N) is 1. The van der Waals surface area contributed by atoms with Crippen molar-refractivity contribution >= 4 is 28.6 Å². The molecule has 3 nitrogen and oxygen atoms in total. The fourth-order valence-electron chi connectivity index (χ4n) is 1.39. The van der Waals surface area contributed by atoms with E-state index < -0.39 is 5.97 Å². The number of hydrogen-bond acceptors (Lipinski definition) is 4. The first kappa shape index (κ1) is 11.3. The lowest BCUT2D eigenvalue weighted by molar-refractivity contribution is -0.137. The van der Waals surface area contributed by atoms with E-state index in [-0.39, 0.29) is 12.3 Å². The van der Waals surface area contributed by atoms with Gasteiger partial charge in [0, 0.05) is 11.3 Å². The second-order valence-electron chi connectivity index (χ2n) is 3.55. The second kappa shape index (κ2) is 4.76. The summed E-state index contributed by atoms with van der Waals surface area (Å²) in [6.07, 6.45) is 0.133. The van der Waals surface area contributed by atoms with Gasteiger partial charge in [-0.15, -0.1) is 22.7 Å². The van der Waals surface area contributed by atoms with Crippen LogP contribution in [0, 0.1) is 0 Å². The minimum atomic E-state index is -0.779. The Morgan fingerprint density at radius 3 is 3.00 bits per heavy atom. The van der Waals surface area contributed by atoms with Gasteiger partial charge in [0.25, 0.3) is 0 Å². The normalized spacial score (nSPS) is 12.6. The summed E-state index contributed by atoms with van der Waals surface area (Å²) in [5.74, 6) is -0.805. The van der Waals surface area contributed by atoms with Crippen LogP contribution in [0.4, 0.5) is 0 Å². The number of rotatable bonds is 4. The van der Waals surface area contributed by atoms with Crippen molar-refractivity contribution in [1.29, 1.82) is 0 Å². The van der Waals surface area contributed by atoms with Gasteiger partial charge in [-0.05, 0) is 11.4 Å². The molecule has 0 aliphatic heterocycles. The third kappa shape index (κ3) is 2.48. The van der Waals surface area contributed by atoms with Gasteiger partial charge in [-0.2, -0.15) is 0 Å². The molecular formula is C11H11NO2S2. The average molecular weight is 253 g/mol. The molecule has 5 heteroatoms. The van der Waals surface area contributed by atoms with Crippen molar-refractivity contribution in [3.8, 4) is 9.88 Å². The van der Waals surface area contributed by atoms with Crippen LogP contribution in [0.15, 0.2) is 22.9 Å². The molecule has 0 aliphatic carbocycles. The summed E-state index contributed by atoms with van der Waals surface area (Å²) in [7, 11) is 0. The quantitative estimate of drug-likeness (QED) is 0.908. The number of thiophene rings is 1. The van der Waals surface area contributed by atoms with Crippen LogP contribution >= 0.6 is 22.7 Å². The third-order valence-corrected chi connectivity index (χ3v) is 4.14. The summed E-state index contributed by atoms with van der Waals surface area (Å²) in [4.78, 5) is 16.2. The second-order valence-corrected chi connectivity index (χ2v) is 5.36. The van der Waals surface area contributed by atoms with Crippen LogP contribution in [0.25, 0.3) is 9.88 Å². The zero-order valence-electron chi connectivity index (χ0n) is 8.71. The Labute approximate surface area is 101 Å². The first-order valence-electron chi connectivity index (χ1n) is 4.88. The molecule has 0 amide bonds. The maximum atomic E-state index is 10.6. The van der Waals surface area contributed by atoms with E-state index in [0.29, 0.717) is 0 Å². The molecule has 16 heavy (non-hydrogen) atoms. The Morgan fingerprint density at radius 1 is 1.56 bits per heavy atom. The van der Waals surface area contributed by atoms with Gasteiger partial charge < -0.3 is 5.11 Å². The Hall–Kier alpha value is -1.20. The molecule has 0 radical (unpaired) electrons. The standard InChI is InChI=1S/C11H11NO2S2/c1-7(5-10(13)14)8-6-16-11(12-8)9-3-2-4-15-9/h2-4,6-7H,5H2,1H3,(H,13,14). The molecule has 0 fully saturated rings. The summed E-state index contributed by atoms with van der Waals surface area (Å²) in [5, 5.41) is 13.6. The van der Waals surface area contributed by atoms with Gasteiger partial charge in [0.1, 0.15) is 5.01 Å². The molecule has 0 saturated carbocycles. The Morgan fingerprint density at radius 2 is 2.38 bits per heavy atom. The van der Waals surface area contributed by atoms with E-state index in [1.54, 1.807) is 22.7 Å². The van der Waals surface area contributed by atoms with Crippen LogP contribution in [0.2, 0.25) is 0 Å². The number of aliphatic carboxylic acids is 1. The molecule has 0 aromatic carbocycles. The molecule has 1 atom stereocenters. The van der Waals surface area contributed by atoms with Gasteiger partial charge in [-0.3, -0.25) is 4.79 Å². The maximum Gasteiger partial charge on any atom is 0.304 e. The number of carboxylic acids is 1. The molecule has 1 N–H and O–H groups in total. The zero-order chi connectivity index (χ0) is 11.5. The number of aromatic nitrogens is 1. The van der Waals surface area contributed by atoms with Crippen molar-refractivity contribution in [3.05, 3.63) is 28.6 Å². The van der Waals surface area contributed by atoms with Crippen molar-refractivity contribution in [1.82, 2.24) is 4.98 Å². The van der Waals surface area contributed by atoms with Crippen molar-refractivity contribution in [2.75, 3.05) is 0 Å². The molecule has 2 aromatic heterocycles. The summed E-state index contributed by atoms with van der Waals surface area (Å²) in [6, 6.07) is 4.01. The predicted octanol–water partition coefficient (Wildman–Crippen LogP) is 3.45. The molecule has 1 unspecified atom stereocenters. The van der Waals surface area contributed by atoms with Crippen molar-refractivity contribution in [2.45, 2.75) is 19.3 Å². The van der Waals surface area contributed by atoms with Crippen LogP contribution < -0.4 is 0 Å². The molecule has 2 aromatic rings. The van der Waals surface area contributed by atoms with E-state index >= 15 is 0 Å². The Kier molecular flexibility index (Phi) is 3.36. The van der Waals surface area contributed by atoms with E-state index in [4.69, 9.17) is 5.11 Å². The first-order valence-corrected chi connectivity index (χ1v) is 6.64. The summed E-state index contributed by atoms with van der Waals surface area (Å²) in [6.45, 7) is 1.89. The molecule has 0 aliphatic rings. The van der Waals surface area contributed by atoms with Crippen LogP contribution in [-0.4, -0.2) is 16.1 Å². The summed E-state index contributed by atoms with van der Waals surface area (Å²) >= 11 is 3.22. The summed E-state index contributed by atoms with van der Waals surface area (Å²) < 4.78 is 0. The number of hydrogen-bond donors (Lipinski definition) is 1. The molecule has 0 spiro atoms. The minimum Gasteiger partial charge on any atom is -0.481 e. The third-order valence-electron chi connectivity index (χ3n) is 2.24. The zero-order valence-corrected chi connectivity index (χ0v) is 10.3. The average Bonchev–Trinajstić information content (AvgIpc) is 2.87. The largest absolute Gasteiger partial charge is 0.481 e. The van der Waals surface area contributed by atoms with Gasteiger partial charge in [0.2, 0.25) is 0 Å². The summed E-state index contributed by atoms with van der Waals surface area (Å²) in [5.41, 5.74) is 0.871. The van der Waals surface area contributed by atoms with Crippen LogP contribution in [-0.2, 0) is 4.79 Å². The number of thiazole rings is 1. The lowest BCUT2D eigenvalue weighted by Crippen LogP contribution is -2.02. The first-order chi connectivity index (χ1) is 7.66. The highest BCUT2D eigenvalue weighted by Gasteiger charge is 2.14.